The predicted molar refractivity (Wildman–Crippen MR) is 66.9 cm³/mol. The molecular formula is C13H23N3O. The summed E-state index contributed by atoms with van der Waals surface area (Å²) in [6, 6.07) is 0.825. The normalized spacial score (nSPS) is 39.4. The van der Waals surface area contributed by atoms with Gasteiger partial charge < -0.3 is 10.1 Å². The van der Waals surface area contributed by atoms with Crippen molar-refractivity contribution in [3.8, 4) is 0 Å². The smallest absolute Gasteiger partial charge is 0.133 e. The van der Waals surface area contributed by atoms with E-state index < -0.39 is 0 Å². The Morgan fingerprint density at radius 1 is 1.12 bits per heavy atom. The summed E-state index contributed by atoms with van der Waals surface area (Å²) in [7, 11) is 0. The summed E-state index contributed by atoms with van der Waals surface area (Å²) in [4.78, 5) is 15.5. The highest BCUT2D eigenvalue weighted by molar-refractivity contribution is 5.52. The van der Waals surface area contributed by atoms with E-state index in [0.717, 1.165) is 50.3 Å². The standard InChI is InChI=1S/C13H23N3O/c17-6-5-15-9-11-7-13(8-12(11)10-15)16-3-1-14-2-4-16/h6,11-14H,1-5,7-10H2. The van der Waals surface area contributed by atoms with Gasteiger partial charge in [-0.1, -0.05) is 0 Å². The van der Waals surface area contributed by atoms with E-state index in [1.54, 1.807) is 0 Å². The zero-order chi connectivity index (χ0) is 11.7. The molecule has 96 valence electrons. The van der Waals surface area contributed by atoms with Gasteiger partial charge in [-0.15, -0.1) is 0 Å². The summed E-state index contributed by atoms with van der Waals surface area (Å²) in [6.07, 6.45) is 3.77. The molecule has 2 unspecified atom stereocenters. The van der Waals surface area contributed by atoms with E-state index in [2.05, 4.69) is 15.1 Å². The second-order valence-electron chi connectivity index (χ2n) is 5.82. The molecule has 0 bridgehead atoms. The molecule has 1 N–H and O–H groups in total. The lowest BCUT2D eigenvalue weighted by Crippen LogP contribution is -2.48. The van der Waals surface area contributed by atoms with E-state index in [9.17, 15) is 4.79 Å². The zero-order valence-electron chi connectivity index (χ0n) is 10.5. The third-order valence-corrected chi connectivity index (χ3v) is 4.80. The van der Waals surface area contributed by atoms with E-state index >= 15 is 0 Å². The molecule has 0 aromatic carbocycles. The van der Waals surface area contributed by atoms with E-state index in [1.165, 1.54) is 25.9 Å². The van der Waals surface area contributed by atoms with Crippen LogP contribution in [-0.2, 0) is 4.79 Å². The number of rotatable bonds is 3. The van der Waals surface area contributed by atoms with Crippen LogP contribution < -0.4 is 5.32 Å². The molecule has 4 nitrogen and oxygen atoms in total. The molecule has 1 aliphatic carbocycles. The second kappa shape index (κ2) is 5.04. The Morgan fingerprint density at radius 2 is 1.76 bits per heavy atom. The van der Waals surface area contributed by atoms with Gasteiger partial charge >= 0.3 is 0 Å². The lowest BCUT2D eigenvalue weighted by molar-refractivity contribution is -0.108. The predicted octanol–water partition coefficient (Wildman–Crippen LogP) is -0.199. The number of nitrogens with zero attached hydrogens (tertiary/aromatic N) is 2. The fourth-order valence-electron chi connectivity index (χ4n) is 3.97. The fourth-order valence-corrected chi connectivity index (χ4v) is 3.97. The second-order valence-corrected chi connectivity index (χ2v) is 5.82. The molecule has 17 heavy (non-hydrogen) atoms. The first-order valence-electron chi connectivity index (χ1n) is 6.97. The molecule has 0 aromatic rings. The van der Waals surface area contributed by atoms with Gasteiger partial charge in [-0.3, -0.25) is 9.80 Å². The molecular weight excluding hydrogens is 214 g/mol. The van der Waals surface area contributed by atoms with Crippen molar-refractivity contribution in [3.05, 3.63) is 0 Å². The van der Waals surface area contributed by atoms with Crippen molar-refractivity contribution in [1.82, 2.24) is 15.1 Å². The molecule has 0 spiro atoms. The van der Waals surface area contributed by atoms with E-state index in [0.29, 0.717) is 6.54 Å². The molecule has 1 saturated carbocycles. The number of hydrogen-bond donors (Lipinski definition) is 1. The monoisotopic (exact) mass is 237 g/mol. The van der Waals surface area contributed by atoms with Crippen LogP contribution in [0.1, 0.15) is 12.8 Å². The minimum absolute atomic E-state index is 0.644. The number of nitrogens with one attached hydrogen (secondary N) is 1. The summed E-state index contributed by atoms with van der Waals surface area (Å²) in [5.41, 5.74) is 0. The van der Waals surface area contributed by atoms with E-state index in [-0.39, 0.29) is 0 Å². The molecule has 2 atom stereocenters. The van der Waals surface area contributed by atoms with Gasteiger partial charge in [-0.2, -0.15) is 0 Å². The molecule has 4 heteroatoms. The van der Waals surface area contributed by atoms with Crippen LogP contribution in [0.15, 0.2) is 0 Å². The van der Waals surface area contributed by atoms with Crippen LogP contribution in [0.3, 0.4) is 0 Å². The largest absolute Gasteiger partial charge is 0.314 e. The van der Waals surface area contributed by atoms with Gasteiger partial charge in [0.1, 0.15) is 6.29 Å². The van der Waals surface area contributed by atoms with Gasteiger partial charge in [-0.05, 0) is 24.7 Å². The number of hydrogen-bond acceptors (Lipinski definition) is 4. The number of piperazine rings is 1. The van der Waals surface area contributed by atoms with Crippen molar-refractivity contribution in [2.45, 2.75) is 18.9 Å². The molecule has 0 radical (unpaired) electrons. The topological polar surface area (TPSA) is 35.6 Å². The lowest BCUT2D eigenvalue weighted by atomic mass is 10.0. The molecule has 3 rings (SSSR count). The van der Waals surface area contributed by atoms with Crippen molar-refractivity contribution >= 4 is 6.29 Å². The van der Waals surface area contributed by atoms with Gasteiger partial charge in [0.05, 0.1) is 6.54 Å². The third kappa shape index (κ3) is 2.39. The first-order chi connectivity index (χ1) is 8.36. The maximum absolute atomic E-state index is 10.5. The number of likely N-dealkylation sites (tertiary alicyclic amines) is 1. The van der Waals surface area contributed by atoms with Gasteiger partial charge in [0.15, 0.2) is 0 Å². The maximum atomic E-state index is 10.5. The summed E-state index contributed by atoms with van der Waals surface area (Å²) in [5.74, 6) is 1.71. The molecule has 2 heterocycles. The molecule has 2 saturated heterocycles. The van der Waals surface area contributed by atoms with Crippen LogP contribution in [0.4, 0.5) is 0 Å². The van der Waals surface area contributed by atoms with Crippen LogP contribution in [0.5, 0.6) is 0 Å². The third-order valence-electron chi connectivity index (χ3n) is 4.80. The molecule has 3 fully saturated rings. The highest BCUT2D eigenvalue weighted by Gasteiger charge is 2.42. The number of carbonyl (C=O) groups excluding carboxylic acids is 1. The Morgan fingerprint density at radius 3 is 2.35 bits per heavy atom. The van der Waals surface area contributed by atoms with Crippen molar-refractivity contribution in [2.24, 2.45) is 11.8 Å². The van der Waals surface area contributed by atoms with E-state index in [4.69, 9.17) is 0 Å². The number of fused-ring (bicyclic) bond motifs is 1. The van der Waals surface area contributed by atoms with Crippen molar-refractivity contribution < 1.29 is 4.79 Å². The van der Waals surface area contributed by atoms with Gasteiger partial charge in [-0.25, -0.2) is 0 Å². The SMILES string of the molecule is O=CCN1CC2CC(N3CCNCC3)CC2C1. The van der Waals surface area contributed by atoms with Crippen molar-refractivity contribution in [3.63, 3.8) is 0 Å². The van der Waals surface area contributed by atoms with Crippen molar-refractivity contribution in [2.75, 3.05) is 45.8 Å². The molecule has 0 aromatic heterocycles. The minimum Gasteiger partial charge on any atom is -0.314 e. The van der Waals surface area contributed by atoms with E-state index in [1.807, 2.05) is 0 Å². The highest BCUT2D eigenvalue weighted by atomic mass is 16.1. The first-order valence-corrected chi connectivity index (χ1v) is 6.97. The van der Waals surface area contributed by atoms with Gasteiger partial charge in [0, 0.05) is 45.3 Å². The number of carbonyl (C=O) groups is 1. The first kappa shape index (κ1) is 11.6. The average molecular weight is 237 g/mol. The minimum atomic E-state index is 0.644. The molecule has 2 aliphatic heterocycles. The van der Waals surface area contributed by atoms with Crippen LogP contribution in [0.25, 0.3) is 0 Å². The van der Waals surface area contributed by atoms with Crippen LogP contribution in [0.2, 0.25) is 0 Å². The Balaban J connectivity index is 1.52. The van der Waals surface area contributed by atoms with Gasteiger partial charge in [0.25, 0.3) is 0 Å². The highest BCUT2D eigenvalue weighted by Crippen LogP contribution is 2.39. The van der Waals surface area contributed by atoms with Crippen LogP contribution in [0, 0.1) is 11.8 Å². The summed E-state index contributed by atoms with van der Waals surface area (Å²) < 4.78 is 0. The zero-order valence-corrected chi connectivity index (χ0v) is 10.5. The fraction of sp³-hybridized carbons (Fsp3) is 0.923. The molecule has 3 aliphatic rings. The number of aldehydes is 1. The van der Waals surface area contributed by atoms with Crippen LogP contribution in [-0.4, -0.2) is 67.9 Å². The Labute approximate surface area is 103 Å². The average Bonchev–Trinajstić information content (AvgIpc) is 2.88. The van der Waals surface area contributed by atoms with Crippen molar-refractivity contribution in [1.29, 1.82) is 0 Å². The summed E-state index contributed by atoms with van der Waals surface area (Å²) in [6.45, 7) is 7.72. The summed E-state index contributed by atoms with van der Waals surface area (Å²) in [5, 5.41) is 3.42. The van der Waals surface area contributed by atoms with Crippen LogP contribution >= 0.6 is 0 Å². The Kier molecular flexibility index (Phi) is 3.45. The lowest BCUT2D eigenvalue weighted by Gasteiger charge is -2.33. The van der Waals surface area contributed by atoms with Gasteiger partial charge in [0.2, 0.25) is 0 Å². The Bertz CT molecular complexity index is 264. The maximum Gasteiger partial charge on any atom is 0.133 e. The molecule has 0 amide bonds. The Hall–Kier alpha value is -0.450. The quantitative estimate of drug-likeness (QED) is 0.690. The summed E-state index contributed by atoms with van der Waals surface area (Å²) >= 11 is 0.